The molecule has 1 N–H and O–H groups in total. The first kappa shape index (κ1) is 23.6. The number of nitrogens with one attached hydrogen (secondary N) is 1. The normalized spacial score (nSPS) is 21.8. The highest BCUT2D eigenvalue weighted by molar-refractivity contribution is 5.95. The van der Waals surface area contributed by atoms with Gasteiger partial charge in [0.15, 0.2) is 17.5 Å². The number of carbonyl (C=O) groups is 1. The summed E-state index contributed by atoms with van der Waals surface area (Å²) in [4.78, 5) is 36.1. The molecule has 2 aromatic rings. The van der Waals surface area contributed by atoms with Gasteiger partial charge in [-0.2, -0.15) is 0 Å². The standard InChI is InChI=1S/C25H26F4N4O2/c26-18-4-3-17(14-19(18)27)33-21(34)2-1-7-24(33)10-12-32(13-11-24)22-23(35)30-15-20(31-22)16-5-8-25(28,29)9-6-16/h3-5,14-15H,1-2,6-13H2,(H,30,35). The van der Waals surface area contributed by atoms with Gasteiger partial charge in [0.1, 0.15) is 0 Å². The minimum Gasteiger partial charge on any atom is -0.352 e. The molecule has 186 valence electrons. The van der Waals surface area contributed by atoms with E-state index in [0.717, 1.165) is 18.6 Å². The van der Waals surface area contributed by atoms with Crippen molar-refractivity contribution in [1.82, 2.24) is 9.97 Å². The zero-order valence-corrected chi connectivity index (χ0v) is 19.1. The molecule has 1 spiro atoms. The number of aromatic nitrogens is 2. The van der Waals surface area contributed by atoms with E-state index in [0.29, 0.717) is 55.7 Å². The quantitative estimate of drug-likeness (QED) is 0.628. The zero-order chi connectivity index (χ0) is 24.8. The summed E-state index contributed by atoms with van der Waals surface area (Å²) in [6, 6.07) is 3.51. The van der Waals surface area contributed by atoms with E-state index in [1.165, 1.54) is 18.3 Å². The first-order chi connectivity index (χ1) is 16.7. The van der Waals surface area contributed by atoms with Crippen molar-refractivity contribution in [2.45, 2.75) is 62.8 Å². The number of piperidine rings is 2. The lowest BCUT2D eigenvalue weighted by Gasteiger charge is -2.51. The fourth-order valence-corrected chi connectivity index (χ4v) is 5.51. The van der Waals surface area contributed by atoms with E-state index in [9.17, 15) is 27.2 Å². The van der Waals surface area contributed by atoms with Crippen LogP contribution in [-0.4, -0.2) is 40.4 Å². The number of hydrogen-bond acceptors (Lipinski definition) is 4. The Kier molecular flexibility index (Phi) is 5.93. The predicted molar refractivity (Wildman–Crippen MR) is 124 cm³/mol. The van der Waals surface area contributed by atoms with Crippen molar-refractivity contribution < 1.29 is 22.4 Å². The number of alkyl halides is 2. The van der Waals surface area contributed by atoms with Gasteiger partial charge in [0.2, 0.25) is 5.91 Å². The molecule has 3 aliphatic rings. The molecule has 0 saturated carbocycles. The van der Waals surface area contributed by atoms with Gasteiger partial charge in [-0.05, 0) is 49.8 Å². The van der Waals surface area contributed by atoms with Crippen molar-refractivity contribution in [2.24, 2.45) is 0 Å². The topological polar surface area (TPSA) is 69.3 Å². The maximum atomic E-state index is 14.0. The molecule has 1 amide bonds. The molecule has 3 heterocycles. The Morgan fingerprint density at radius 1 is 0.971 bits per heavy atom. The summed E-state index contributed by atoms with van der Waals surface area (Å²) in [6.45, 7) is 0.869. The fourth-order valence-electron chi connectivity index (χ4n) is 5.51. The highest BCUT2D eigenvalue weighted by Gasteiger charge is 2.45. The van der Waals surface area contributed by atoms with E-state index >= 15 is 0 Å². The minimum atomic E-state index is -2.72. The van der Waals surface area contributed by atoms with Crippen LogP contribution in [0, 0.1) is 11.6 Å². The maximum absolute atomic E-state index is 14.0. The largest absolute Gasteiger partial charge is 0.352 e. The summed E-state index contributed by atoms with van der Waals surface area (Å²) < 4.78 is 54.5. The molecule has 2 aliphatic heterocycles. The molecule has 1 aromatic carbocycles. The Labute approximate surface area is 199 Å². The monoisotopic (exact) mass is 490 g/mol. The van der Waals surface area contributed by atoms with Crippen LogP contribution in [0.2, 0.25) is 0 Å². The molecule has 2 fully saturated rings. The van der Waals surface area contributed by atoms with Crippen molar-refractivity contribution >= 4 is 23.0 Å². The van der Waals surface area contributed by atoms with Crippen molar-refractivity contribution in [3.05, 3.63) is 58.2 Å². The van der Waals surface area contributed by atoms with E-state index < -0.39 is 23.1 Å². The molecule has 0 atom stereocenters. The Hall–Kier alpha value is -3.17. The van der Waals surface area contributed by atoms with Gasteiger partial charge in [-0.1, -0.05) is 6.08 Å². The van der Waals surface area contributed by atoms with Crippen molar-refractivity contribution in [1.29, 1.82) is 0 Å². The first-order valence-electron chi connectivity index (χ1n) is 11.9. The third-order valence-corrected chi connectivity index (χ3v) is 7.42. The summed E-state index contributed by atoms with van der Waals surface area (Å²) >= 11 is 0. The Bertz CT molecular complexity index is 1230. The highest BCUT2D eigenvalue weighted by Crippen LogP contribution is 2.42. The van der Waals surface area contributed by atoms with Gasteiger partial charge in [-0.3, -0.25) is 9.59 Å². The lowest BCUT2D eigenvalue weighted by molar-refractivity contribution is -0.121. The summed E-state index contributed by atoms with van der Waals surface area (Å²) in [5, 5.41) is 0. The fraction of sp³-hybridized carbons (Fsp3) is 0.480. The summed E-state index contributed by atoms with van der Waals surface area (Å²) in [6.07, 6.45) is 5.32. The molecule has 35 heavy (non-hydrogen) atoms. The van der Waals surface area contributed by atoms with Crippen LogP contribution < -0.4 is 15.4 Å². The van der Waals surface area contributed by atoms with Gasteiger partial charge in [-0.25, -0.2) is 22.5 Å². The van der Waals surface area contributed by atoms with Gasteiger partial charge in [-0.15, -0.1) is 0 Å². The number of H-pyrrole nitrogens is 1. The second-order valence-electron chi connectivity index (χ2n) is 9.62. The van der Waals surface area contributed by atoms with Crippen LogP contribution in [0.1, 0.15) is 57.1 Å². The molecule has 0 bridgehead atoms. The van der Waals surface area contributed by atoms with Crippen molar-refractivity contribution in [3.8, 4) is 0 Å². The van der Waals surface area contributed by atoms with Crippen LogP contribution in [0.5, 0.6) is 0 Å². The van der Waals surface area contributed by atoms with Gasteiger partial charge < -0.3 is 14.8 Å². The smallest absolute Gasteiger partial charge is 0.290 e. The van der Waals surface area contributed by atoms with Crippen LogP contribution in [0.25, 0.3) is 5.57 Å². The number of amides is 1. The molecule has 2 saturated heterocycles. The van der Waals surface area contributed by atoms with Gasteiger partial charge in [0.25, 0.3) is 11.5 Å². The third-order valence-electron chi connectivity index (χ3n) is 7.42. The van der Waals surface area contributed by atoms with Crippen molar-refractivity contribution in [2.75, 3.05) is 22.9 Å². The second-order valence-corrected chi connectivity index (χ2v) is 9.62. The number of aromatic amines is 1. The molecular formula is C25H26F4N4O2. The molecule has 1 aliphatic carbocycles. The predicted octanol–water partition coefficient (Wildman–Crippen LogP) is 4.81. The number of benzene rings is 1. The van der Waals surface area contributed by atoms with Crippen LogP contribution in [0.15, 0.2) is 35.3 Å². The highest BCUT2D eigenvalue weighted by atomic mass is 19.3. The van der Waals surface area contributed by atoms with E-state index in [4.69, 9.17) is 0 Å². The van der Waals surface area contributed by atoms with Crippen molar-refractivity contribution in [3.63, 3.8) is 0 Å². The number of nitrogens with zero attached hydrogens (tertiary/aromatic N) is 3. The lowest BCUT2D eigenvalue weighted by Crippen LogP contribution is -2.60. The van der Waals surface area contributed by atoms with Crippen LogP contribution in [0.3, 0.4) is 0 Å². The second kappa shape index (κ2) is 8.80. The number of carbonyl (C=O) groups excluding carboxylic acids is 1. The van der Waals surface area contributed by atoms with Crippen LogP contribution in [-0.2, 0) is 4.79 Å². The SMILES string of the molecule is O=C1CCCC2(CCN(c3nc(C4=CCC(F)(F)CC4)c[nH]c3=O)CC2)N1c1ccc(F)c(F)c1. The average molecular weight is 491 g/mol. The maximum Gasteiger partial charge on any atom is 0.290 e. The van der Waals surface area contributed by atoms with Gasteiger partial charge in [0, 0.05) is 50.3 Å². The summed E-state index contributed by atoms with van der Waals surface area (Å²) in [5.74, 6) is -4.60. The first-order valence-corrected chi connectivity index (χ1v) is 11.9. The van der Waals surface area contributed by atoms with E-state index in [-0.39, 0.29) is 36.5 Å². The zero-order valence-electron chi connectivity index (χ0n) is 19.1. The number of halogens is 4. The van der Waals surface area contributed by atoms with Crippen LogP contribution in [0.4, 0.5) is 29.1 Å². The Balaban J connectivity index is 1.38. The number of rotatable bonds is 3. The van der Waals surface area contributed by atoms with Gasteiger partial charge >= 0.3 is 0 Å². The number of hydrogen-bond donors (Lipinski definition) is 1. The van der Waals surface area contributed by atoms with Crippen LogP contribution >= 0.6 is 0 Å². The third kappa shape index (κ3) is 4.46. The molecule has 0 radical (unpaired) electrons. The van der Waals surface area contributed by atoms with Gasteiger partial charge in [0.05, 0.1) is 11.2 Å². The number of anilines is 2. The molecule has 6 nitrogen and oxygen atoms in total. The average Bonchev–Trinajstić information content (AvgIpc) is 2.82. The molecule has 1 aromatic heterocycles. The summed E-state index contributed by atoms with van der Waals surface area (Å²) in [7, 11) is 0. The Morgan fingerprint density at radius 3 is 2.43 bits per heavy atom. The van der Waals surface area contributed by atoms with E-state index in [1.807, 2.05) is 4.90 Å². The lowest BCUT2D eigenvalue weighted by atomic mass is 9.78. The van der Waals surface area contributed by atoms with E-state index in [2.05, 4.69) is 9.97 Å². The molecule has 10 heteroatoms. The molecular weight excluding hydrogens is 464 g/mol. The molecule has 5 rings (SSSR count). The van der Waals surface area contributed by atoms with E-state index in [1.54, 1.807) is 4.90 Å². The minimum absolute atomic E-state index is 0.130. The Morgan fingerprint density at radius 2 is 1.74 bits per heavy atom. The molecule has 0 unspecified atom stereocenters. The number of allylic oxidation sites excluding steroid dienone is 2. The summed E-state index contributed by atoms with van der Waals surface area (Å²) in [5.41, 5.74) is 0.568.